The average Bonchev–Trinajstić information content (AvgIpc) is 1.63. The number of hydrogen-bond donors (Lipinski definition) is 3. The Kier molecular flexibility index (Phi) is 13.8. The van der Waals surface area contributed by atoms with Crippen molar-refractivity contribution in [2.45, 2.75) is 12.5 Å². The molecule has 0 aliphatic heterocycles. The molecule has 1 radical (unpaired) electrons. The first-order valence-electron chi connectivity index (χ1n) is 2.24. The maximum atomic E-state index is 9.85. The molecule has 1 atom stereocenters. The number of aliphatic carboxylic acids is 2. The molecule has 0 saturated carbocycles. The molecular formula is C4H7NNaO4Zn. The van der Waals surface area contributed by atoms with Crippen LogP contribution < -0.4 is 5.73 Å². The number of carboxylic acid groups (broad SMARTS) is 2. The molecule has 0 aliphatic carbocycles. The zero-order valence-corrected chi connectivity index (χ0v) is 11.2. The van der Waals surface area contributed by atoms with E-state index in [2.05, 4.69) is 0 Å². The molecule has 0 heterocycles. The molecule has 11 heavy (non-hydrogen) atoms. The summed E-state index contributed by atoms with van der Waals surface area (Å²) in [6, 6.07) is -1.29. The Morgan fingerprint density at radius 3 is 1.82 bits per heavy atom. The maximum Gasteiger partial charge on any atom is 0.321 e. The third-order valence-corrected chi connectivity index (χ3v) is 0.712. The van der Waals surface area contributed by atoms with Gasteiger partial charge in [0.1, 0.15) is 6.04 Å². The first-order chi connectivity index (χ1) is 4.04. The van der Waals surface area contributed by atoms with E-state index in [0.717, 1.165) is 0 Å². The minimum Gasteiger partial charge on any atom is -0.481 e. The molecule has 7 heteroatoms. The summed E-state index contributed by atoms with van der Waals surface area (Å²) in [7, 11) is 0. The van der Waals surface area contributed by atoms with E-state index in [1.165, 1.54) is 0 Å². The molecule has 55 valence electrons. The molecule has 4 N–H and O–H groups in total. The summed E-state index contributed by atoms with van der Waals surface area (Å²) in [5, 5.41) is 16.0. The van der Waals surface area contributed by atoms with E-state index in [1.807, 2.05) is 0 Å². The summed E-state index contributed by atoms with van der Waals surface area (Å²) in [5.74, 6) is -2.50. The second-order valence-electron chi connectivity index (χ2n) is 1.54. The van der Waals surface area contributed by atoms with Gasteiger partial charge in [0.25, 0.3) is 0 Å². The van der Waals surface area contributed by atoms with Gasteiger partial charge >= 0.3 is 11.9 Å². The van der Waals surface area contributed by atoms with Gasteiger partial charge in [-0.25, -0.2) is 0 Å². The normalized spacial score (nSPS) is 10.3. The standard InChI is InChI=1S/C4H7NO4.Na.Zn/c5-2(4(8)9)1-3(6)7;;/h2H,1,5H2,(H,6,7)(H,8,9);;/t2-;;/m0../s1. The van der Waals surface area contributed by atoms with Crippen LogP contribution in [0.5, 0.6) is 0 Å². The van der Waals surface area contributed by atoms with Crippen molar-refractivity contribution in [3.8, 4) is 0 Å². The van der Waals surface area contributed by atoms with Crippen LogP contribution >= 0.6 is 0 Å². The van der Waals surface area contributed by atoms with E-state index in [9.17, 15) is 9.59 Å². The van der Waals surface area contributed by atoms with Gasteiger partial charge in [-0.15, -0.1) is 0 Å². The monoisotopic (exact) mass is 220 g/mol. The van der Waals surface area contributed by atoms with Crippen molar-refractivity contribution in [3.05, 3.63) is 0 Å². The van der Waals surface area contributed by atoms with Crippen LogP contribution in [0.3, 0.4) is 0 Å². The Balaban J connectivity index is -0.000000320. The third-order valence-electron chi connectivity index (χ3n) is 0.712. The SMILES string of the molecule is N[C@@H](CC(=O)O)C(=O)O.[Na].[Zn]. The number of carbonyl (C=O) groups is 2. The Hall–Kier alpha value is 0.523. The fourth-order valence-corrected chi connectivity index (χ4v) is 0.275. The first kappa shape index (κ1) is 17.6. The van der Waals surface area contributed by atoms with Crippen LogP contribution in [0.2, 0.25) is 0 Å². The molecule has 0 aromatic carbocycles. The van der Waals surface area contributed by atoms with Gasteiger partial charge in [0, 0.05) is 49.0 Å². The fraction of sp³-hybridized carbons (Fsp3) is 0.500. The Labute approximate surface area is 98.4 Å². The van der Waals surface area contributed by atoms with Crippen molar-refractivity contribution in [1.82, 2.24) is 0 Å². The molecule has 0 spiro atoms. The summed E-state index contributed by atoms with van der Waals surface area (Å²) in [6.45, 7) is 0. The van der Waals surface area contributed by atoms with E-state index in [-0.39, 0.29) is 49.0 Å². The van der Waals surface area contributed by atoms with Crippen LogP contribution in [0.25, 0.3) is 0 Å². The van der Waals surface area contributed by atoms with Gasteiger partial charge in [-0.1, -0.05) is 0 Å². The molecular weight excluding hydrogens is 214 g/mol. The van der Waals surface area contributed by atoms with Crippen molar-refractivity contribution in [3.63, 3.8) is 0 Å². The predicted octanol–water partition coefficient (Wildman–Crippen LogP) is -1.51. The van der Waals surface area contributed by atoms with E-state index in [4.69, 9.17) is 15.9 Å². The van der Waals surface area contributed by atoms with Crippen molar-refractivity contribution in [1.29, 1.82) is 0 Å². The number of carboxylic acids is 2. The van der Waals surface area contributed by atoms with Crippen LogP contribution in [0.15, 0.2) is 0 Å². The number of rotatable bonds is 3. The van der Waals surface area contributed by atoms with Gasteiger partial charge in [0.05, 0.1) is 6.42 Å². The summed E-state index contributed by atoms with van der Waals surface area (Å²) < 4.78 is 0. The van der Waals surface area contributed by atoms with Gasteiger partial charge in [0.15, 0.2) is 0 Å². The summed E-state index contributed by atoms with van der Waals surface area (Å²) >= 11 is 0. The van der Waals surface area contributed by atoms with Crippen molar-refractivity contribution in [2.24, 2.45) is 5.73 Å². The van der Waals surface area contributed by atoms with Gasteiger partial charge in [-0.3, -0.25) is 9.59 Å². The van der Waals surface area contributed by atoms with Crippen LogP contribution in [0, 0.1) is 0 Å². The predicted molar refractivity (Wildman–Crippen MR) is 33.6 cm³/mol. The quantitative estimate of drug-likeness (QED) is 0.503. The average molecular weight is 221 g/mol. The molecule has 0 aliphatic rings. The second-order valence-corrected chi connectivity index (χ2v) is 1.54. The van der Waals surface area contributed by atoms with Crippen LogP contribution in [-0.4, -0.2) is 57.8 Å². The molecule has 0 fully saturated rings. The van der Waals surface area contributed by atoms with Crippen molar-refractivity contribution < 1.29 is 39.3 Å². The molecule has 5 nitrogen and oxygen atoms in total. The zero-order valence-electron chi connectivity index (χ0n) is 6.28. The van der Waals surface area contributed by atoms with E-state index >= 15 is 0 Å². The van der Waals surface area contributed by atoms with E-state index in [0.29, 0.717) is 0 Å². The molecule has 0 saturated heterocycles. The molecule has 0 rings (SSSR count). The second kappa shape index (κ2) is 8.62. The van der Waals surface area contributed by atoms with Crippen LogP contribution in [0.4, 0.5) is 0 Å². The Morgan fingerprint density at radius 1 is 1.36 bits per heavy atom. The third kappa shape index (κ3) is 10.5. The maximum absolute atomic E-state index is 9.85. The summed E-state index contributed by atoms with van der Waals surface area (Å²) in [5.41, 5.74) is 4.84. The molecule has 0 unspecified atom stereocenters. The largest absolute Gasteiger partial charge is 0.481 e. The topological polar surface area (TPSA) is 101 Å². The summed E-state index contributed by atoms with van der Waals surface area (Å²) in [4.78, 5) is 19.6. The fourth-order valence-electron chi connectivity index (χ4n) is 0.275. The van der Waals surface area contributed by atoms with Gasteiger partial charge in [0.2, 0.25) is 0 Å². The number of hydrogen-bond acceptors (Lipinski definition) is 3. The van der Waals surface area contributed by atoms with Gasteiger partial charge in [-0.2, -0.15) is 0 Å². The van der Waals surface area contributed by atoms with Crippen molar-refractivity contribution >= 4 is 41.5 Å². The molecule has 0 bridgehead atoms. The van der Waals surface area contributed by atoms with Crippen molar-refractivity contribution in [2.75, 3.05) is 0 Å². The van der Waals surface area contributed by atoms with Gasteiger partial charge in [-0.05, 0) is 0 Å². The minimum atomic E-state index is -1.29. The Bertz CT molecular complexity index is 142. The zero-order chi connectivity index (χ0) is 7.44. The number of nitrogens with two attached hydrogens (primary N) is 1. The van der Waals surface area contributed by atoms with E-state index in [1.54, 1.807) is 0 Å². The molecule has 0 amide bonds. The molecule has 0 aromatic heterocycles. The Morgan fingerprint density at radius 2 is 1.73 bits per heavy atom. The van der Waals surface area contributed by atoms with Gasteiger partial charge < -0.3 is 15.9 Å². The first-order valence-corrected chi connectivity index (χ1v) is 2.24. The minimum absolute atomic E-state index is 0. The molecule has 0 aromatic rings. The van der Waals surface area contributed by atoms with Crippen LogP contribution in [0.1, 0.15) is 6.42 Å². The van der Waals surface area contributed by atoms with Crippen LogP contribution in [-0.2, 0) is 29.1 Å². The summed E-state index contributed by atoms with van der Waals surface area (Å²) in [6.07, 6.45) is -0.532. The van der Waals surface area contributed by atoms with E-state index < -0.39 is 24.4 Å². The smallest absolute Gasteiger partial charge is 0.321 e.